The van der Waals surface area contributed by atoms with Gasteiger partial charge in [-0.15, -0.1) is 0 Å². The Morgan fingerprint density at radius 1 is 0.426 bits per heavy atom. The van der Waals surface area contributed by atoms with Crippen molar-refractivity contribution in [2.75, 3.05) is 0 Å². The van der Waals surface area contributed by atoms with Gasteiger partial charge in [0.25, 0.3) is 0 Å². The zero-order valence-corrected chi connectivity index (χ0v) is 33.4. The van der Waals surface area contributed by atoms with E-state index in [0.717, 1.165) is 77.1 Å². The number of aryl methyl sites for hydroxylation is 2. The topological polar surface area (TPSA) is 57.8 Å². The highest BCUT2D eigenvalue weighted by atomic mass is 15.2. The summed E-state index contributed by atoms with van der Waals surface area (Å²) in [4.78, 5) is 19.8. The van der Waals surface area contributed by atoms with Crippen LogP contribution < -0.4 is 0 Å². The minimum atomic E-state index is 0.478. The SMILES string of the molecule is [C-]#[N+]c1ccc(-n2c3ccccc3c3c4c5ccccc5n(-c5ccccc5)c4ccc32)c(-c2nc(-c3ccccc3)nc(-n3c4ccc(C)cc4c4cc(C)ccc43)n2)c1. The smallest absolute Gasteiger partial charge is 0.238 e. The molecule has 0 amide bonds. The van der Waals surface area contributed by atoms with Gasteiger partial charge in [-0.05, 0) is 86.6 Å². The van der Waals surface area contributed by atoms with E-state index in [1.807, 2.05) is 48.5 Å². The largest absolute Gasteiger partial charge is 0.309 e. The Morgan fingerprint density at radius 3 is 1.59 bits per heavy atom. The molecule has 8 aromatic carbocycles. The van der Waals surface area contributed by atoms with Crippen molar-refractivity contribution in [1.29, 1.82) is 0 Å². The second-order valence-corrected chi connectivity index (χ2v) is 15.7. The summed E-state index contributed by atoms with van der Waals surface area (Å²) in [6.07, 6.45) is 0. The fraction of sp³-hybridized carbons (Fsp3) is 0.0370. The van der Waals surface area contributed by atoms with Crippen molar-refractivity contribution in [3.05, 3.63) is 198 Å². The number of para-hydroxylation sites is 3. The monoisotopic (exact) mass is 781 g/mol. The standard InChI is InChI=1S/C54H35N7/c1-33-22-25-45-40(30-33)41-31-34(2)23-26-46(41)61(45)54-57-52(35-14-6-4-7-15-35)56-53(58-54)42-32-36(55-3)24-27-47(42)60-44-21-13-11-19-39(44)51-49(60)29-28-48-50(51)38-18-10-12-20-43(38)59(48)37-16-8-5-9-17-37/h4-32H,1-2H3. The Bertz CT molecular complexity index is 3730. The molecule has 12 aromatic rings. The highest BCUT2D eigenvalue weighted by Gasteiger charge is 2.24. The molecular weight excluding hydrogens is 747 g/mol. The first kappa shape index (κ1) is 34.7. The van der Waals surface area contributed by atoms with Gasteiger partial charge in [0.05, 0.1) is 45.4 Å². The van der Waals surface area contributed by atoms with Crippen LogP contribution in [-0.2, 0) is 0 Å². The van der Waals surface area contributed by atoms with Crippen LogP contribution in [0.15, 0.2) is 176 Å². The van der Waals surface area contributed by atoms with E-state index in [4.69, 9.17) is 21.5 Å². The molecule has 0 saturated heterocycles. The maximum Gasteiger partial charge on any atom is 0.238 e. The maximum absolute atomic E-state index is 8.16. The first-order chi connectivity index (χ1) is 30.0. The van der Waals surface area contributed by atoms with Gasteiger partial charge in [-0.3, -0.25) is 4.57 Å². The van der Waals surface area contributed by atoms with Gasteiger partial charge >= 0.3 is 0 Å². The van der Waals surface area contributed by atoms with Crippen LogP contribution in [0.3, 0.4) is 0 Å². The van der Waals surface area contributed by atoms with Gasteiger partial charge in [0.1, 0.15) is 0 Å². The predicted molar refractivity (Wildman–Crippen MR) is 249 cm³/mol. The first-order valence-corrected chi connectivity index (χ1v) is 20.4. The number of rotatable bonds is 5. The van der Waals surface area contributed by atoms with Gasteiger partial charge in [0.2, 0.25) is 5.95 Å². The molecule has 0 saturated carbocycles. The summed E-state index contributed by atoms with van der Waals surface area (Å²) in [7, 11) is 0. The lowest BCUT2D eigenvalue weighted by molar-refractivity contribution is 0.951. The molecule has 7 heteroatoms. The van der Waals surface area contributed by atoms with Crippen molar-refractivity contribution < 1.29 is 0 Å². The number of nitrogens with zero attached hydrogens (tertiary/aromatic N) is 7. The number of hydrogen-bond donors (Lipinski definition) is 0. The minimum absolute atomic E-state index is 0.478. The summed E-state index contributed by atoms with van der Waals surface area (Å²) in [5, 5.41) is 6.96. The fourth-order valence-corrected chi connectivity index (χ4v) is 9.37. The second-order valence-electron chi connectivity index (χ2n) is 15.7. The van der Waals surface area contributed by atoms with Crippen molar-refractivity contribution in [3.8, 4) is 40.1 Å². The predicted octanol–water partition coefficient (Wildman–Crippen LogP) is 13.7. The van der Waals surface area contributed by atoms with E-state index in [-0.39, 0.29) is 0 Å². The summed E-state index contributed by atoms with van der Waals surface area (Å²) in [6, 6.07) is 61.3. The van der Waals surface area contributed by atoms with Gasteiger partial charge in [-0.1, -0.05) is 114 Å². The molecule has 7 nitrogen and oxygen atoms in total. The van der Waals surface area contributed by atoms with E-state index in [1.54, 1.807) is 0 Å². The second kappa shape index (κ2) is 13.3. The summed E-state index contributed by atoms with van der Waals surface area (Å²) in [5.41, 5.74) is 12.9. The summed E-state index contributed by atoms with van der Waals surface area (Å²) >= 11 is 0. The number of fused-ring (bicyclic) bond motifs is 10. The van der Waals surface area contributed by atoms with Crippen LogP contribution in [-0.4, -0.2) is 28.7 Å². The van der Waals surface area contributed by atoms with Crippen LogP contribution in [0.5, 0.6) is 0 Å². The van der Waals surface area contributed by atoms with E-state index in [0.29, 0.717) is 23.3 Å². The molecule has 0 unspecified atom stereocenters. The van der Waals surface area contributed by atoms with Crippen LogP contribution in [0.25, 0.3) is 110 Å². The quantitative estimate of drug-likeness (QED) is 0.163. The number of benzene rings is 8. The summed E-state index contributed by atoms with van der Waals surface area (Å²) in [6.45, 7) is 12.4. The van der Waals surface area contributed by atoms with Crippen molar-refractivity contribution in [1.82, 2.24) is 28.7 Å². The van der Waals surface area contributed by atoms with Crippen LogP contribution in [0.4, 0.5) is 5.69 Å². The number of aromatic nitrogens is 6. The van der Waals surface area contributed by atoms with Crippen molar-refractivity contribution in [3.63, 3.8) is 0 Å². The average Bonchev–Trinajstić information content (AvgIpc) is 3.94. The molecule has 0 aliphatic carbocycles. The molecule has 0 spiro atoms. The Kier molecular flexibility index (Phi) is 7.59. The highest BCUT2D eigenvalue weighted by Crippen LogP contribution is 2.44. The fourth-order valence-electron chi connectivity index (χ4n) is 9.37. The molecule has 4 aromatic heterocycles. The third-order valence-electron chi connectivity index (χ3n) is 12.0. The Balaban J connectivity index is 1.18. The van der Waals surface area contributed by atoms with Gasteiger partial charge in [-0.2, -0.15) is 9.97 Å². The zero-order chi connectivity index (χ0) is 40.8. The van der Waals surface area contributed by atoms with Crippen LogP contribution in [0.2, 0.25) is 0 Å². The Labute approximate surface area is 350 Å². The highest BCUT2D eigenvalue weighted by molar-refractivity contribution is 6.29. The van der Waals surface area contributed by atoms with E-state index >= 15 is 0 Å². The summed E-state index contributed by atoms with van der Waals surface area (Å²) in [5.74, 6) is 1.53. The molecular formula is C54H35N7. The van der Waals surface area contributed by atoms with E-state index in [9.17, 15) is 0 Å². The molecule has 0 radical (unpaired) electrons. The van der Waals surface area contributed by atoms with Crippen LogP contribution in [0.1, 0.15) is 11.1 Å². The average molecular weight is 782 g/mol. The molecule has 4 heterocycles. The number of hydrogen-bond acceptors (Lipinski definition) is 3. The normalized spacial score (nSPS) is 11.8. The van der Waals surface area contributed by atoms with Gasteiger partial charge in [0, 0.05) is 49.1 Å². The zero-order valence-electron chi connectivity index (χ0n) is 33.4. The van der Waals surface area contributed by atoms with E-state index in [2.05, 4.69) is 160 Å². The third kappa shape index (κ3) is 5.26. The minimum Gasteiger partial charge on any atom is -0.309 e. The van der Waals surface area contributed by atoms with Crippen LogP contribution in [0, 0.1) is 20.4 Å². The molecule has 0 fully saturated rings. The molecule has 0 aliphatic heterocycles. The van der Waals surface area contributed by atoms with Crippen molar-refractivity contribution in [2.45, 2.75) is 13.8 Å². The van der Waals surface area contributed by atoms with Gasteiger partial charge in [0.15, 0.2) is 17.3 Å². The molecule has 12 rings (SSSR count). The first-order valence-electron chi connectivity index (χ1n) is 20.4. The van der Waals surface area contributed by atoms with E-state index in [1.165, 1.54) is 21.9 Å². The molecule has 0 N–H and O–H groups in total. The Morgan fingerprint density at radius 2 is 0.951 bits per heavy atom. The molecule has 0 atom stereocenters. The molecule has 286 valence electrons. The maximum atomic E-state index is 8.16. The molecule has 0 aliphatic rings. The van der Waals surface area contributed by atoms with E-state index < -0.39 is 0 Å². The lowest BCUT2D eigenvalue weighted by Crippen LogP contribution is -2.08. The van der Waals surface area contributed by atoms with Crippen molar-refractivity contribution >= 4 is 71.1 Å². The Hall–Kier alpha value is -8.34. The summed E-state index contributed by atoms with van der Waals surface area (Å²) < 4.78 is 6.83. The molecule has 0 bridgehead atoms. The lowest BCUT2D eigenvalue weighted by Gasteiger charge is -2.16. The van der Waals surface area contributed by atoms with Crippen LogP contribution >= 0.6 is 0 Å². The van der Waals surface area contributed by atoms with Gasteiger partial charge < -0.3 is 9.13 Å². The van der Waals surface area contributed by atoms with Crippen molar-refractivity contribution in [2.24, 2.45) is 0 Å². The molecule has 61 heavy (non-hydrogen) atoms. The van der Waals surface area contributed by atoms with Gasteiger partial charge in [-0.25, -0.2) is 9.83 Å². The third-order valence-corrected chi connectivity index (χ3v) is 12.0. The lowest BCUT2D eigenvalue weighted by atomic mass is 10.1.